The highest BCUT2D eigenvalue weighted by molar-refractivity contribution is 5.36. The molecule has 0 bridgehead atoms. The van der Waals surface area contributed by atoms with Crippen molar-refractivity contribution in [2.24, 2.45) is 17.8 Å². The van der Waals surface area contributed by atoms with Crippen LogP contribution in [-0.2, 0) is 0 Å². The summed E-state index contributed by atoms with van der Waals surface area (Å²) >= 11 is 0. The quantitative estimate of drug-likeness (QED) is 0.579. The Morgan fingerprint density at radius 2 is 1.93 bits per heavy atom. The molecule has 0 nitrogen and oxygen atoms in total. The Hall–Kier alpha value is -0.520. The summed E-state index contributed by atoms with van der Waals surface area (Å²) in [6.07, 6.45) is 8.01. The van der Waals surface area contributed by atoms with Gasteiger partial charge in [-0.05, 0) is 55.9 Å². The van der Waals surface area contributed by atoms with Crippen LogP contribution in [0.15, 0.2) is 22.8 Å². The van der Waals surface area contributed by atoms with Crippen molar-refractivity contribution in [3.63, 3.8) is 0 Å². The third-order valence-corrected chi connectivity index (χ3v) is 4.38. The first-order valence-electron chi connectivity index (χ1n) is 6.49. The molecule has 0 heterocycles. The number of fused-ring (bicyclic) bond motifs is 1. The Morgan fingerprint density at radius 1 is 1.20 bits per heavy atom. The monoisotopic (exact) mass is 204 g/mol. The molecule has 84 valence electrons. The molecule has 0 saturated heterocycles. The Bertz CT molecular complexity index is 304. The van der Waals surface area contributed by atoms with Crippen LogP contribution >= 0.6 is 0 Å². The van der Waals surface area contributed by atoms with E-state index in [4.69, 9.17) is 0 Å². The SMILES string of the molecule is CC1=C2C=C(C(C)C)CC[C@@H](C)[C@H]2CC1. The molecule has 2 rings (SSSR count). The minimum atomic E-state index is 0.733. The van der Waals surface area contributed by atoms with Gasteiger partial charge in [-0.3, -0.25) is 0 Å². The van der Waals surface area contributed by atoms with Crippen LogP contribution in [0.1, 0.15) is 53.4 Å². The normalized spacial score (nSPS) is 31.7. The van der Waals surface area contributed by atoms with Gasteiger partial charge in [0.1, 0.15) is 0 Å². The second-order valence-corrected chi connectivity index (χ2v) is 5.77. The molecule has 0 unspecified atom stereocenters. The minimum Gasteiger partial charge on any atom is -0.0698 e. The van der Waals surface area contributed by atoms with E-state index in [1.54, 1.807) is 16.7 Å². The number of rotatable bonds is 1. The first kappa shape index (κ1) is 11.0. The van der Waals surface area contributed by atoms with E-state index in [2.05, 4.69) is 33.8 Å². The van der Waals surface area contributed by atoms with Gasteiger partial charge in [-0.2, -0.15) is 0 Å². The topological polar surface area (TPSA) is 0 Å². The standard InChI is InChI=1S/C15H24/c1-10(2)13-7-5-11(3)14-8-6-12(4)15(14)9-13/h9-11,14H,5-8H2,1-4H3/t11-,14-/m1/s1. The Morgan fingerprint density at radius 3 is 2.60 bits per heavy atom. The summed E-state index contributed by atoms with van der Waals surface area (Å²) in [6.45, 7) is 9.45. The molecule has 0 radical (unpaired) electrons. The summed E-state index contributed by atoms with van der Waals surface area (Å²) in [5.41, 5.74) is 5.04. The lowest BCUT2D eigenvalue weighted by atomic mass is 9.87. The van der Waals surface area contributed by atoms with Gasteiger partial charge in [-0.1, -0.05) is 38.0 Å². The summed E-state index contributed by atoms with van der Waals surface area (Å²) in [5, 5.41) is 0. The highest BCUT2D eigenvalue weighted by Crippen LogP contribution is 2.43. The third kappa shape index (κ3) is 2.04. The number of hydrogen-bond acceptors (Lipinski definition) is 0. The van der Waals surface area contributed by atoms with E-state index < -0.39 is 0 Å². The maximum absolute atomic E-state index is 2.54. The first-order chi connectivity index (χ1) is 7.09. The van der Waals surface area contributed by atoms with Gasteiger partial charge in [-0.15, -0.1) is 0 Å². The van der Waals surface area contributed by atoms with Crippen molar-refractivity contribution in [3.05, 3.63) is 22.8 Å². The van der Waals surface area contributed by atoms with E-state index in [1.807, 2.05) is 0 Å². The second-order valence-electron chi connectivity index (χ2n) is 5.77. The number of hydrogen-bond donors (Lipinski definition) is 0. The minimum absolute atomic E-state index is 0.733. The van der Waals surface area contributed by atoms with Crippen LogP contribution < -0.4 is 0 Å². The molecule has 0 fully saturated rings. The van der Waals surface area contributed by atoms with Crippen molar-refractivity contribution < 1.29 is 0 Å². The van der Waals surface area contributed by atoms with Crippen molar-refractivity contribution in [1.29, 1.82) is 0 Å². The summed E-state index contributed by atoms with van der Waals surface area (Å²) in [4.78, 5) is 0. The average molecular weight is 204 g/mol. The zero-order valence-electron chi connectivity index (χ0n) is 10.6. The van der Waals surface area contributed by atoms with Crippen molar-refractivity contribution in [1.82, 2.24) is 0 Å². The van der Waals surface area contributed by atoms with Crippen molar-refractivity contribution in [2.45, 2.75) is 53.4 Å². The zero-order chi connectivity index (χ0) is 11.0. The Labute approximate surface area is 94.5 Å². The maximum atomic E-state index is 2.54. The van der Waals surface area contributed by atoms with Gasteiger partial charge in [0.15, 0.2) is 0 Å². The van der Waals surface area contributed by atoms with Crippen molar-refractivity contribution in [2.75, 3.05) is 0 Å². The molecule has 15 heavy (non-hydrogen) atoms. The van der Waals surface area contributed by atoms with E-state index in [9.17, 15) is 0 Å². The fourth-order valence-corrected chi connectivity index (χ4v) is 3.13. The van der Waals surface area contributed by atoms with Crippen LogP contribution in [0.2, 0.25) is 0 Å². The van der Waals surface area contributed by atoms with Crippen molar-refractivity contribution in [3.8, 4) is 0 Å². The summed E-state index contributed by atoms with van der Waals surface area (Å²) in [7, 11) is 0. The lowest BCUT2D eigenvalue weighted by molar-refractivity contribution is 0.390. The largest absolute Gasteiger partial charge is 0.0698 e. The van der Waals surface area contributed by atoms with Gasteiger partial charge >= 0.3 is 0 Å². The molecule has 2 aliphatic carbocycles. The molecule has 0 heteroatoms. The lowest BCUT2D eigenvalue weighted by Crippen LogP contribution is -2.08. The van der Waals surface area contributed by atoms with E-state index in [1.165, 1.54) is 25.7 Å². The Balaban J connectivity index is 2.33. The highest BCUT2D eigenvalue weighted by atomic mass is 14.3. The molecule has 0 saturated carbocycles. The van der Waals surface area contributed by atoms with Crippen LogP contribution in [0.3, 0.4) is 0 Å². The highest BCUT2D eigenvalue weighted by Gasteiger charge is 2.29. The maximum Gasteiger partial charge on any atom is -0.0134 e. The predicted octanol–water partition coefficient (Wildman–Crippen LogP) is 4.73. The fourth-order valence-electron chi connectivity index (χ4n) is 3.13. The van der Waals surface area contributed by atoms with Crippen LogP contribution in [0, 0.1) is 17.8 Å². The van der Waals surface area contributed by atoms with Crippen molar-refractivity contribution >= 4 is 0 Å². The molecule has 2 aliphatic rings. The zero-order valence-corrected chi connectivity index (χ0v) is 10.6. The summed E-state index contributed by atoms with van der Waals surface area (Å²) < 4.78 is 0. The van der Waals surface area contributed by atoms with Gasteiger partial charge in [0.2, 0.25) is 0 Å². The third-order valence-electron chi connectivity index (χ3n) is 4.38. The predicted molar refractivity (Wildman–Crippen MR) is 66.7 cm³/mol. The molecule has 0 aromatic carbocycles. The summed E-state index contributed by atoms with van der Waals surface area (Å²) in [5.74, 6) is 2.50. The van der Waals surface area contributed by atoms with E-state index >= 15 is 0 Å². The van der Waals surface area contributed by atoms with Gasteiger partial charge < -0.3 is 0 Å². The van der Waals surface area contributed by atoms with Crippen LogP contribution in [0.4, 0.5) is 0 Å². The molecule has 0 aromatic heterocycles. The van der Waals surface area contributed by atoms with E-state index in [-0.39, 0.29) is 0 Å². The van der Waals surface area contributed by atoms with Gasteiger partial charge in [0.05, 0.1) is 0 Å². The van der Waals surface area contributed by atoms with Gasteiger partial charge in [-0.25, -0.2) is 0 Å². The van der Waals surface area contributed by atoms with Crippen LogP contribution in [-0.4, -0.2) is 0 Å². The van der Waals surface area contributed by atoms with E-state index in [0.29, 0.717) is 0 Å². The molecule has 0 aliphatic heterocycles. The number of allylic oxidation sites excluding steroid dienone is 4. The molecular weight excluding hydrogens is 180 g/mol. The Kier molecular flexibility index (Phi) is 3.04. The van der Waals surface area contributed by atoms with Crippen LogP contribution in [0.25, 0.3) is 0 Å². The first-order valence-corrected chi connectivity index (χ1v) is 6.49. The van der Waals surface area contributed by atoms with Gasteiger partial charge in [0.25, 0.3) is 0 Å². The summed E-state index contributed by atoms with van der Waals surface area (Å²) in [6, 6.07) is 0. The molecule has 2 atom stereocenters. The van der Waals surface area contributed by atoms with Gasteiger partial charge in [0, 0.05) is 0 Å². The smallest absolute Gasteiger partial charge is 0.0134 e. The molecule has 0 spiro atoms. The fraction of sp³-hybridized carbons (Fsp3) is 0.733. The van der Waals surface area contributed by atoms with E-state index in [0.717, 1.165) is 17.8 Å². The average Bonchev–Trinajstić information content (AvgIpc) is 2.43. The van der Waals surface area contributed by atoms with Crippen LogP contribution in [0.5, 0.6) is 0 Å². The molecule has 0 aromatic rings. The molecular formula is C15H24. The lowest BCUT2D eigenvalue weighted by Gasteiger charge is -2.18. The molecule has 0 N–H and O–H groups in total. The molecule has 0 amide bonds. The second kappa shape index (κ2) is 4.15.